The molecule has 0 amide bonds. The molecule has 9 aromatic rings. The molecule has 0 fully saturated rings. The fraction of sp³-hybridized carbons (Fsp3) is 0.0213. The predicted octanol–water partition coefficient (Wildman–Crippen LogP) is 13.1. The lowest BCUT2D eigenvalue weighted by Crippen LogP contribution is -2.14. The van der Waals surface area contributed by atoms with Crippen LogP contribution in [-0.2, 0) is 0 Å². The summed E-state index contributed by atoms with van der Waals surface area (Å²) in [5, 5.41) is 9.54. The van der Waals surface area contributed by atoms with Gasteiger partial charge in [-0.05, 0) is 72.3 Å². The maximum atomic E-state index is 13.5. The van der Waals surface area contributed by atoms with Crippen molar-refractivity contribution in [3.63, 3.8) is 0 Å². The van der Waals surface area contributed by atoms with E-state index >= 15 is 0 Å². The molecule has 0 radical (unpaired) electrons. The van der Waals surface area contributed by atoms with E-state index in [1.807, 2.05) is 12.1 Å². The standard InChI is InChI=1S/C47H29FO/c48-34-27-25-32(26-28-34)30-19-17-29(18-20-30)31-21-23-33(24-22-31)43-44-39-13-5-1-9-35(39)37-11-3-7-15-41(37)46(44)49-47-42-16-8-4-12-38(42)36-10-2-6-14-40(36)45(43)47/h1-28,43H. The smallest absolute Gasteiger partial charge is 0.140 e. The van der Waals surface area contributed by atoms with Crippen molar-refractivity contribution in [3.8, 4) is 33.8 Å². The predicted molar refractivity (Wildman–Crippen MR) is 201 cm³/mol. The van der Waals surface area contributed by atoms with Gasteiger partial charge in [0.2, 0.25) is 0 Å². The Hall–Kier alpha value is -6.25. The van der Waals surface area contributed by atoms with Gasteiger partial charge in [0.05, 0.1) is 0 Å². The first kappa shape index (κ1) is 27.8. The van der Waals surface area contributed by atoms with Crippen molar-refractivity contribution in [1.82, 2.24) is 0 Å². The molecule has 0 bridgehead atoms. The minimum Gasteiger partial charge on any atom is -0.455 e. The molecule has 0 atom stereocenters. The summed E-state index contributed by atoms with van der Waals surface area (Å²) in [5.74, 6) is 1.59. The molecule has 0 spiro atoms. The fourth-order valence-corrected chi connectivity index (χ4v) is 8.01. The topological polar surface area (TPSA) is 9.23 Å². The molecule has 2 heteroatoms. The van der Waals surface area contributed by atoms with Crippen molar-refractivity contribution in [1.29, 1.82) is 0 Å². The number of benzene rings is 9. The summed E-state index contributed by atoms with van der Waals surface area (Å²) < 4.78 is 20.7. The lowest BCUT2D eigenvalue weighted by Gasteiger charge is -2.33. The Morgan fingerprint density at radius 1 is 0.327 bits per heavy atom. The van der Waals surface area contributed by atoms with Crippen LogP contribution in [0.1, 0.15) is 22.6 Å². The second kappa shape index (κ2) is 10.9. The van der Waals surface area contributed by atoms with Crippen LogP contribution in [0.3, 0.4) is 0 Å². The summed E-state index contributed by atoms with van der Waals surface area (Å²) in [7, 11) is 0. The van der Waals surface area contributed by atoms with E-state index in [4.69, 9.17) is 4.74 Å². The highest BCUT2D eigenvalue weighted by Crippen LogP contribution is 2.57. The molecule has 1 nitrogen and oxygen atoms in total. The Balaban J connectivity index is 1.21. The molecular formula is C47H29FO. The van der Waals surface area contributed by atoms with Gasteiger partial charge in [-0.1, -0.05) is 158 Å². The number of ether oxygens (including phenoxy) is 1. The zero-order chi connectivity index (χ0) is 32.5. The molecule has 0 unspecified atom stereocenters. The van der Waals surface area contributed by atoms with Crippen molar-refractivity contribution in [2.24, 2.45) is 0 Å². The second-order valence-corrected chi connectivity index (χ2v) is 12.9. The normalized spacial score (nSPS) is 12.7. The van der Waals surface area contributed by atoms with Crippen molar-refractivity contribution in [2.45, 2.75) is 5.92 Å². The van der Waals surface area contributed by atoms with Crippen molar-refractivity contribution in [2.75, 3.05) is 0 Å². The van der Waals surface area contributed by atoms with Gasteiger partial charge in [-0.25, -0.2) is 4.39 Å². The van der Waals surface area contributed by atoms with Gasteiger partial charge in [0.25, 0.3) is 0 Å². The van der Waals surface area contributed by atoms with Gasteiger partial charge in [-0.2, -0.15) is 0 Å². The molecule has 0 aliphatic carbocycles. The molecule has 49 heavy (non-hydrogen) atoms. The van der Waals surface area contributed by atoms with Gasteiger partial charge in [0.1, 0.15) is 17.3 Å². The number of hydrogen-bond acceptors (Lipinski definition) is 1. The summed E-state index contributed by atoms with van der Waals surface area (Å²) >= 11 is 0. The first-order valence-corrected chi connectivity index (χ1v) is 16.7. The summed E-state index contributed by atoms with van der Waals surface area (Å²) in [4.78, 5) is 0. The molecule has 0 saturated carbocycles. The van der Waals surface area contributed by atoms with E-state index in [0.29, 0.717) is 0 Å². The highest BCUT2D eigenvalue weighted by molar-refractivity contribution is 6.17. The fourth-order valence-electron chi connectivity index (χ4n) is 8.01. The summed E-state index contributed by atoms with van der Waals surface area (Å²) in [6.07, 6.45) is 0. The highest BCUT2D eigenvalue weighted by atomic mass is 19.1. The zero-order valence-corrected chi connectivity index (χ0v) is 26.5. The van der Waals surface area contributed by atoms with E-state index in [9.17, 15) is 4.39 Å². The van der Waals surface area contributed by atoms with Crippen LogP contribution in [-0.4, -0.2) is 0 Å². The van der Waals surface area contributed by atoms with Crippen LogP contribution in [0.4, 0.5) is 4.39 Å². The van der Waals surface area contributed by atoms with Crippen LogP contribution >= 0.6 is 0 Å². The van der Waals surface area contributed by atoms with Crippen LogP contribution < -0.4 is 4.74 Å². The van der Waals surface area contributed by atoms with Crippen LogP contribution in [0.25, 0.3) is 65.3 Å². The lowest BCUT2D eigenvalue weighted by atomic mass is 9.76. The maximum Gasteiger partial charge on any atom is 0.140 e. The van der Waals surface area contributed by atoms with Crippen LogP contribution in [0, 0.1) is 5.82 Å². The Kier molecular flexibility index (Phi) is 6.19. The monoisotopic (exact) mass is 628 g/mol. The zero-order valence-electron chi connectivity index (χ0n) is 26.5. The van der Waals surface area contributed by atoms with Crippen LogP contribution in [0.15, 0.2) is 170 Å². The Bertz CT molecular complexity index is 2600. The van der Waals surface area contributed by atoms with Crippen molar-refractivity contribution >= 4 is 43.1 Å². The van der Waals surface area contributed by atoms with Gasteiger partial charge in [0, 0.05) is 27.8 Å². The maximum absolute atomic E-state index is 13.5. The Morgan fingerprint density at radius 2 is 0.633 bits per heavy atom. The molecule has 0 aromatic heterocycles. The minimum absolute atomic E-state index is 0.0577. The Morgan fingerprint density at radius 3 is 1.04 bits per heavy atom. The third kappa shape index (κ3) is 4.31. The van der Waals surface area contributed by atoms with Crippen LogP contribution in [0.2, 0.25) is 0 Å². The van der Waals surface area contributed by atoms with Gasteiger partial charge in [-0.15, -0.1) is 0 Å². The van der Waals surface area contributed by atoms with E-state index in [2.05, 4.69) is 146 Å². The van der Waals surface area contributed by atoms with Crippen molar-refractivity contribution < 1.29 is 9.13 Å². The first-order chi connectivity index (χ1) is 24.2. The van der Waals surface area contributed by atoms with Crippen LogP contribution in [0.5, 0.6) is 11.5 Å². The molecule has 0 N–H and O–H groups in total. The highest BCUT2D eigenvalue weighted by Gasteiger charge is 2.35. The first-order valence-electron chi connectivity index (χ1n) is 16.7. The summed E-state index contributed by atoms with van der Waals surface area (Å²) in [6, 6.07) is 59.0. The molecule has 10 rings (SSSR count). The van der Waals surface area contributed by atoms with E-state index in [1.165, 1.54) is 61.1 Å². The summed E-state index contributed by atoms with van der Waals surface area (Å²) in [6.45, 7) is 0. The largest absolute Gasteiger partial charge is 0.455 e. The number of rotatable bonds is 3. The van der Waals surface area contributed by atoms with E-state index in [0.717, 1.165) is 44.5 Å². The van der Waals surface area contributed by atoms with Gasteiger partial charge < -0.3 is 4.74 Å². The molecule has 9 aromatic carbocycles. The third-order valence-corrected chi connectivity index (χ3v) is 10.3. The van der Waals surface area contributed by atoms with E-state index < -0.39 is 0 Å². The molecular weight excluding hydrogens is 600 g/mol. The number of halogens is 1. The van der Waals surface area contributed by atoms with Gasteiger partial charge >= 0.3 is 0 Å². The third-order valence-electron chi connectivity index (χ3n) is 10.3. The average Bonchev–Trinajstić information content (AvgIpc) is 3.18. The molecule has 1 aliphatic rings. The average molecular weight is 629 g/mol. The lowest BCUT2D eigenvalue weighted by molar-refractivity contribution is 0.467. The molecule has 1 aliphatic heterocycles. The van der Waals surface area contributed by atoms with Gasteiger partial charge in [0.15, 0.2) is 0 Å². The molecule has 1 heterocycles. The Labute approximate surface area is 283 Å². The minimum atomic E-state index is -0.224. The van der Waals surface area contributed by atoms with E-state index in [-0.39, 0.29) is 11.7 Å². The number of hydrogen-bond donors (Lipinski definition) is 0. The number of fused-ring (bicyclic) bond motifs is 12. The second-order valence-electron chi connectivity index (χ2n) is 12.9. The molecule has 0 saturated heterocycles. The summed E-state index contributed by atoms with van der Waals surface area (Å²) in [5.41, 5.74) is 7.98. The quantitative estimate of drug-likeness (QED) is 0.177. The van der Waals surface area contributed by atoms with Crippen molar-refractivity contribution in [3.05, 3.63) is 192 Å². The van der Waals surface area contributed by atoms with Gasteiger partial charge in [-0.3, -0.25) is 0 Å². The van der Waals surface area contributed by atoms with E-state index in [1.54, 1.807) is 0 Å². The molecule has 230 valence electrons. The SMILES string of the molecule is Fc1ccc(-c2ccc(-c3ccc(C4c5c(c6ccccc6c6ccccc56)Oc5c4c4ccccc4c4ccccc54)cc3)cc2)cc1.